The number of aromatic amines is 1. The number of oxazole rings is 1. The van der Waals surface area contributed by atoms with Crippen molar-refractivity contribution in [2.24, 2.45) is 0 Å². The number of nitrogens with one attached hydrogen (secondary N) is 1. The number of rotatable bonds is 4. The highest BCUT2D eigenvalue weighted by Gasteiger charge is 2.14. The van der Waals surface area contributed by atoms with Crippen LogP contribution in [0.15, 0.2) is 44.8 Å². The summed E-state index contributed by atoms with van der Waals surface area (Å²) in [5.41, 5.74) is 6.17. The molecule has 0 unspecified atom stereocenters. The number of fused-ring (bicyclic) bond motifs is 1. The number of benzene rings is 1. The van der Waals surface area contributed by atoms with Gasteiger partial charge in [0.15, 0.2) is 5.65 Å². The molecule has 0 saturated heterocycles. The fraction of sp³-hybridized carbons (Fsp3) is 0.250. The quantitative estimate of drug-likeness (QED) is 0.537. The minimum Gasteiger partial charge on any atom is -0.437 e. The minimum absolute atomic E-state index is 0.127. The zero-order valence-corrected chi connectivity index (χ0v) is 16.5. The van der Waals surface area contributed by atoms with E-state index in [0.717, 1.165) is 28.3 Å². The topological polar surface area (TPSA) is 76.2 Å². The van der Waals surface area contributed by atoms with E-state index in [2.05, 4.69) is 21.1 Å². The largest absolute Gasteiger partial charge is 0.437 e. The highest BCUT2D eigenvalue weighted by molar-refractivity contribution is 7.98. The van der Waals surface area contributed by atoms with E-state index < -0.39 is 0 Å². The zero-order valence-electron chi connectivity index (χ0n) is 15.7. The van der Waals surface area contributed by atoms with Crippen molar-refractivity contribution in [2.75, 3.05) is 0 Å². The van der Waals surface area contributed by atoms with Gasteiger partial charge in [-0.25, -0.2) is 14.5 Å². The Kier molecular flexibility index (Phi) is 4.39. The number of nitrogens with zero attached hydrogens (tertiary/aromatic N) is 3. The third-order valence-electron chi connectivity index (χ3n) is 4.56. The molecule has 4 rings (SSSR count). The number of hydrogen-bond acceptors (Lipinski definition) is 5. The van der Waals surface area contributed by atoms with Gasteiger partial charge < -0.3 is 4.42 Å². The van der Waals surface area contributed by atoms with Gasteiger partial charge in [0.05, 0.1) is 17.1 Å². The lowest BCUT2D eigenvalue weighted by molar-refractivity contribution is 0.431. The van der Waals surface area contributed by atoms with Crippen molar-refractivity contribution >= 4 is 17.4 Å². The average Bonchev–Trinajstić information content (AvgIpc) is 3.13. The summed E-state index contributed by atoms with van der Waals surface area (Å²) in [4.78, 5) is 21.6. The van der Waals surface area contributed by atoms with Crippen molar-refractivity contribution in [1.82, 2.24) is 19.6 Å². The molecule has 1 N–H and O–H groups in total. The van der Waals surface area contributed by atoms with Crippen LogP contribution in [-0.4, -0.2) is 19.6 Å². The van der Waals surface area contributed by atoms with Crippen molar-refractivity contribution in [1.29, 1.82) is 0 Å². The van der Waals surface area contributed by atoms with E-state index in [9.17, 15) is 4.79 Å². The van der Waals surface area contributed by atoms with Gasteiger partial charge in [-0.15, -0.1) is 0 Å². The molecular weight excluding hydrogens is 360 g/mol. The zero-order chi connectivity index (χ0) is 19.1. The monoisotopic (exact) mass is 380 g/mol. The van der Waals surface area contributed by atoms with Gasteiger partial charge in [0.25, 0.3) is 10.8 Å². The second-order valence-electron chi connectivity index (χ2n) is 6.64. The molecule has 0 bridgehead atoms. The van der Waals surface area contributed by atoms with Crippen molar-refractivity contribution in [3.8, 4) is 11.3 Å². The third kappa shape index (κ3) is 3.30. The van der Waals surface area contributed by atoms with E-state index in [1.165, 1.54) is 21.8 Å². The van der Waals surface area contributed by atoms with Crippen LogP contribution in [0.2, 0.25) is 0 Å². The van der Waals surface area contributed by atoms with E-state index in [1.54, 1.807) is 6.07 Å². The maximum atomic E-state index is 12.6. The predicted octanol–water partition coefficient (Wildman–Crippen LogP) is 4.20. The first-order chi connectivity index (χ1) is 12.9. The summed E-state index contributed by atoms with van der Waals surface area (Å²) < 4.78 is 7.09. The molecule has 0 aliphatic carbocycles. The third-order valence-corrected chi connectivity index (χ3v) is 5.43. The van der Waals surface area contributed by atoms with Crippen LogP contribution >= 0.6 is 11.8 Å². The molecule has 3 aromatic heterocycles. The van der Waals surface area contributed by atoms with Gasteiger partial charge >= 0.3 is 0 Å². The summed E-state index contributed by atoms with van der Waals surface area (Å²) in [6, 6.07) is 9.73. The summed E-state index contributed by atoms with van der Waals surface area (Å²) in [6.45, 7) is 7.83. The smallest absolute Gasteiger partial charge is 0.272 e. The SMILES string of the molecule is Cc1cccc(-c2[nH]n3c(=O)cc(CSc4nc(C)c(C)o4)nc3c2C)c1. The number of thioether (sulfide) groups is 1. The Morgan fingerprint density at radius 2 is 1.96 bits per heavy atom. The summed E-state index contributed by atoms with van der Waals surface area (Å²) >= 11 is 1.44. The normalized spacial score (nSPS) is 11.4. The molecule has 1 aromatic carbocycles. The van der Waals surface area contributed by atoms with Crippen LogP contribution < -0.4 is 5.56 Å². The summed E-state index contributed by atoms with van der Waals surface area (Å²) in [5.74, 6) is 1.33. The maximum Gasteiger partial charge on any atom is 0.272 e. The Labute approximate surface area is 160 Å². The van der Waals surface area contributed by atoms with Crippen molar-refractivity contribution < 1.29 is 4.42 Å². The molecule has 0 fully saturated rings. The second-order valence-corrected chi connectivity index (χ2v) is 7.56. The average molecular weight is 380 g/mol. The standard InChI is InChI=1S/C20H20N4O2S/c1-11-6-5-7-15(8-11)18-12(2)19-22-16(9-17(25)24(19)23-18)10-27-20-21-13(3)14(4)26-20/h5-9,23H,10H2,1-4H3. The first-order valence-electron chi connectivity index (χ1n) is 8.67. The Morgan fingerprint density at radius 1 is 1.15 bits per heavy atom. The molecule has 0 atom stereocenters. The Morgan fingerprint density at radius 3 is 2.67 bits per heavy atom. The van der Waals surface area contributed by atoms with Gasteiger partial charge in [-0.3, -0.25) is 9.89 Å². The Hall–Kier alpha value is -2.80. The summed E-state index contributed by atoms with van der Waals surface area (Å²) in [7, 11) is 0. The fourth-order valence-corrected chi connectivity index (χ4v) is 3.80. The Balaban J connectivity index is 1.70. The van der Waals surface area contributed by atoms with Crippen LogP contribution in [0.1, 0.15) is 28.3 Å². The van der Waals surface area contributed by atoms with E-state index >= 15 is 0 Å². The number of H-pyrrole nitrogens is 1. The molecule has 0 aliphatic heterocycles. The summed E-state index contributed by atoms with van der Waals surface area (Å²) in [5, 5.41) is 3.79. The van der Waals surface area contributed by atoms with Crippen LogP contribution in [0.5, 0.6) is 0 Å². The summed E-state index contributed by atoms with van der Waals surface area (Å²) in [6.07, 6.45) is 0. The predicted molar refractivity (Wildman–Crippen MR) is 106 cm³/mol. The van der Waals surface area contributed by atoms with Crippen LogP contribution in [0.25, 0.3) is 16.9 Å². The lowest BCUT2D eigenvalue weighted by atomic mass is 10.1. The number of aromatic nitrogens is 4. The molecule has 138 valence electrons. The molecule has 0 saturated carbocycles. The second kappa shape index (κ2) is 6.74. The van der Waals surface area contributed by atoms with Crippen LogP contribution in [-0.2, 0) is 5.75 Å². The first kappa shape index (κ1) is 17.6. The molecule has 7 heteroatoms. The van der Waals surface area contributed by atoms with Crippen LogP contribution in [0.3, 0.4) is 0 Å². The van der Waals surface area contributed by atoms with Gasteiger partial charge in [0, 0.05) is 22.9 Å². The van der Waals surface area contributed by atoms with E-state index in [0.29, 0.717) is 22.3 Å². The fourth-order valence-electron chi connectivity index (χ4n) is 2.99. The van der Waals surface area contributed by atoms with Crippen LogP contribution in [0, 0.1) is 27.7 Å². The Bertz CT molecular complexity index is 1180. The molecule has 0 radical (unpaired) electrons. The number of hydrogen-bond donors (Lipinski definition) is 1. The van der Waals surface area contributed by atoms with Crippen molar-refractivity contribution in [3.05, 3.63) is 69.0 Å². The highest BCUT2D eigenvalue weighted by Crippen LogP contribution is 2.26. The molecule has 27 heavy (non-hydrogen) atoms. The van der Waals surface area contributed by atoms with Gasteiger partial charge in [-0.1, -0.05) is 35.5 Å². The molecule has 4 aromatic rings. The highest BCUT2D eigenvalue weighted by atomic mass is 32.2. The first-order valence-corrected chi connectivity index (χ1v) is 9.66. The minimum atomic E-state index is -0.127. The molecule has 3 heterocycles. The van der Waals surface area contributed by atoms with Crippen molar-refractivity contribution in [3.63, 3.8) is 0 Å². The molecule has 0 spiro atoms. The number of aryl methyl sites for hydroxylation is 4. The van der Waals surface area contributed by atoms with E-state index in [1.807, 2.05) is 45.9 Å². The van der Waals surface area contributed by atoms with Crippen molar-refractivity contribution in [2.45, 2.75) is 38.7 Å². The van der Waals surface area contributed by atoms with Crippen LogP contribution in [0.4, 0.5) is 0 Å². The maximum absolute atomic E-state index is 12.6. The van der Waals surface area contributed by atoms with Gasteiger partial charge in [-0.05, 0) is 33.8 Å². The lowest BCUT2D eigenvalue weighted by Gasteiger charge is -2.00. The van der Waals surface area contributed by atoms with Gasteiger partial charge in [-0.2, -0.15) is 0 Å². The van der Waals surface area contributed by atoms with E-state index in [-0.39, 0.29) is 5.56 Å². The molecule has 6 nitrogen and oxygen atoms in total. The van der Waals surface area contributed by atoms with Gasteiger partial charge in [0.2, 0.25) is 0 Å². The molecular formula is C20H20N4O2S. The van der Waals surface area contributed by atoms with E-state index in [4.69, 9.17) is 4.42 Å². The lowest BCUT2D eigenvalue weighted by Crippen LogP contribution is -2.15. The molecule has 0 amide bonds. The molecule has 0 aliphatic rings. The van der Waals surface area contributed by atoms with Gasteiger partial charge in [0.1, 0.15) is 5.76 Å².